The number of hydrogen-bond acceptors (Lipinski definition) is 4. The average molecular weight is 203 g/mol. The molecule has 0 aliphatic heterocycles. The molecule has 0 aliphatic rings. The fraction of sp³-hybridized carbons (Fsp3) is 1.00. The third-order valence-electron chi connectivity index (χ3n) is 1.93. The predicted octanol–water partition coefficient (Wildman–Crippen LogP) is -0.236. The number of methoxy groups -OCH3 is 1. The fourth-order valence-electron chi connectivity index (χ4n) is 1.07. The predicted molar refractivity (Wildman–Crippen MR) is 60.8 cm³/mol. The molecule has 0 saturated carbocycles. The normalized spacial score (nSPS) is 11.1. The summed E-state index contributed by atoms with van der Waals surface area (Å²) in [4.78, 5) is 2.18. The molecule has 0 fully saturated rings. The molecule has 0 aromatic heterocycles. The second-order valence-electron chi connectivity index (χ2n) is 3.65. The molecule has 0 heterocycles. The highest BCUT2D eigenvalue weighted by molar-refractivity contribution is 4.53. The summed E-state index contributed by atoms with van der Waals surface area (Å²) in [5.74, 6) is 0. The van der Waals surface area contributed by atoms with Gasteiger partial charge in [-0.1, -0.05) is 0 Å². The van der Waals surface area contributed by atoms with E-state index in [9.17, 15) is 0 Å². The molecule has 0 atom stereocenters. The number of nitrogens with zero attached hydrogens (tertiary/aromatic N) is 1. The maximum atomic E-state index is 4.93. The van der Waals surface area contributed by atoms with Crippen molar-refractivity contribution in [1.29, 1.82) is 0 Å². The van der Waals surface area contributed by atoms with Crippen molar-refractivity contribution in [1.82, 2.24) is 15.5 Å². The van der Waals surface area contributed by atoms with E-state index in [-0.39, 0.29) is 0 Å². The lowest BCUT2D eigenvalue weighted by Gasteiger charge is -2.10. The molecule has 0 aliphatic carbocycles. The van der Waals surface area contributed by atoms with E-state index in [0.717, 1.165) is 39.3 Å². The Balaban J connectivity index is 2.85. The van der Waals surface area contributed by atoms with Gasteiger partial charge in [0, 0.05) is 26.7 Å². The fourth-order valence-corrected chi connectivity index (χ4v) is 1.07. The first-order valence-electron chi connectivity index (χ1n) is 5.32. The monoisotopic (exact) mass is 203 g/mol. The van der Waals surface area contributed by atoms with Crippen molar-refractivity contribution in [2.75, 3.05) is 60.5 Å². The number of ether oxygens (including phenoxy) is 1. The van der Waals surface area contributed by atoms with Crippen molar-refractivity contribution >= 4 is 0 Å². The molecule has 0 aromatic rings. The van der Waals surface area contributed by atoms with E-state index in [1.165, 1.54) is 6.42 Å². The third-order valence-corrected chi connectivity index (χ3v) is 1.93. The Morgan fingerprint density at radius 3 is 2.21 bits per heavy atom. The van der Waals surface area contributed by atoms with E-state index in [1.807, 2.05) is 0 Å². The highest BCUT2D eigenvalue weighted by Gasteiger charge is 1.90. The van der Waals surface area contributed by atoms with Crippen LogP contribution in [0.5, 0.6) is 0 Å². The topological polar surface area (TPSA) is 36.5 Å². The molecule has 0 unspecified atom stereocenters. The van der Waals surface area contributed by atoms with Gasteiger partial charge in [-0.05, 0) is 33.6 Å². The van der Waals surface area contributed by atoms with E-state index in [1.54, 1.807) is 7.11 Å². The minimum atomic E-state index is 0.800. The molecular weight excluding hydrogens is 178 g/mol. The Morgan fingerprint density at radius 1 is 1.00 bits per heavy atom. The van der Waals surface area contributed by atoms with Crippen LogP contribution in [0.15, 0.2) is 0 Å². The smallest absolute Gasteiger partial charge is 0.0587 e. The zero-order valence-electron chi connectivity index (χ0n) is 9.81. The minimum absolute atomic E-state index is 0.800. The Bertz CT molecular complexity index is 110. The van der Waals surface area contributed by atoms with Crippen LogP contribution in [-0.2, 0) is 4.74 Å². The Morgan fingerprint density at radius 2 is 1.64 bits per heavy atom. The first kappa shape index (κ1) is 13.8. The summed E-state index contributed by atoms with van der Waals surface area (Å²) in [5.41, 5.74) is 0. The van der Waals surface area contributed by atoms with E-state index in [4.69, 9.17) is 4.74 Å². The standard InChI is InChI=1S/C10H25N3O/c1-13(2)9-7-11-5-4-6-12-8-10-14-3/h11-12H,4-10H2,1-3H3. The van der Waals surface area contributed by atoms with Gasteiger partial charge in [0.1, 0.15) is 0 Å². The van der Waals surface area contributed by atoms with Crippen LogP contribution in [-0.4, -0.2) is 65.4 Å². The first-order chi connectivity index (χ1) is 6.77. The van der Waals surface area contributed by atoms with E-state index in [0.29, 0.717) is 0 Å². The van der Waals surface area contributed by atoms with Crippen LogP contribution in [0, 0.1) is 0 Å². The molecule has 0 rings (SSSR count). The van der Waals surface area contributed by atoms with Crippen molar-refractivity contribution in [2.45, 2.75) is 6.42 Å². The molecule has 4 heteroatoms. The summed E-state index contributed by atoms with van der Waals surface area (Å²) >= 11 is 0. The second kappa shape index (κ2) is 10.9. The number of hydrogen-bond donors (Lipinski definition) is 2. The molecule has 0 saturated heterocycles. The Hall–Kier alpha value is -0.160. The highest BCUT2D eigenvalue weighted by atomic mass is 16.5. The molecule has 0 spiro atoms. The van der Waals surface area contributed by atoms with Crippen molar-refractivity contribution < 1.29 is 4.74 Å². The van der Waals surface area contributed by atoms with E-state index >= 15 is 0 Å². The first-order valence-corrected chi connectivity index (χ1v) is 5.32. The Labute approximate surface area is 88.0 Å². The molecule has 0 amide bonds. The van der Waals surface area contributed by atoms with Gasteiger partial charge in [0.2, 0.25) is 0 Å². The number of likely N-dealkylation sites (N-methyl/N-ethyl adjacent to an activating group) is 1. The van der Waals surface area contributed by atoms with Gasteiger partial charge in [0.15, 0.2) is 0 Å². The van der Waals surface area contributed by atoms with E-state index < -0.39 is 0 Å². The largest absolute Gasteiger partial charge is 0.383 e. The van der Waals surface area contributed by atoms with Crippen molar-refractivity contribution in [3.8, 4) is 0 Å². The summed E-state index contributed by atoms with van der Waals surface area (Å²) < 4.78 is 4.93. The van der Waals surface area contributed by atoms with Gasteiger partial charge in [-0.15, -0.1) is 0 Å². The zero-order valence-corrected chi connectivity index (χ0v) is 9.81. The molecule has 0 bridgehead atoms. The molecule has 2 N–H and O–H groups in total. The quantitative estimate of drug-likeness (QED) is 0.481. The zero-order chi connectivity index (χ0) is 10.6. The number of nitrogens with one attached hydrogen (secondary N) is 2. The van der Waals surface area contributed by atoms with Crippen LogP contribution in [0.3, 0.4) is 0 Å². The maximum Gasteiger partial charge on any atom is 0.0587 e. The minimum Gasteiger partial charge on any atom is -0.383 e. The molecule has 86 valence electrons. The molecule has 14 heavy (non-hydrogen) atoms. The second-order valence-corrected chi connectivity index (χ2v) is 3.65. The van der Waals surface area contributed by atoms with Crippen LogP contribution in [0.4, 0.5) is 0 Å². The Kier molecular flexibility index (Phi) is 10.8. The summed E-state index contributed by atoms with van der Waals surface area (Å²) in [5, 5.41) is 6.71. The summed E-state index contributed by atoms with van der Waals surface area (Å²) in [6, 6.07) is 0. The number of rotatable bonds is 10. The van der Waals surface area contributed by atoms with Crippen LogP contribution in [0.25, 0.3) is 0 Å². The third kappa shape index (κ3) is 11.8. The molecule has 4 nitrogen and oxygen atoms in total. The highest BCUT2D eigenvalue weighted by Crippen LogP contribution is 1.75. The molecule has 0 aromatic carbocycles. The van der Waals surface area contributed by atoms with Crippen LogP contribution < -0.4 is 10.6 Å². The summed E-state index contributed by atoms with van der Waals surface area (Å²) in [6.07, 6.45) is 1.18. The SMILES string of the molecule is COCCNCCCNCCN(C)C. The van der Waals surface area contributed by atoms with Crippen molar-refractivity contribution in [2.24, 2.45) is 0 Å². The average Bonchev–Trinajstić information content (AvgIpc) is 2.15. The van der Waals surface area contributed by atoms with Crippen LogP contribution in [0.1, 0.15) is 6.42 Å². The van der Waals surface area contributed by atoms with Gasteiger partial charge in [-0.2, -0.15) is 0 Å². The van der Waals surface area contributed by atoms with E-state index in [2.05, 4.69) is 29.6 Å². The van der Waals surface area contributed by atoms with Gasteiger partial charge in [-0.3, -0.25) is 0 Å². The molecular formula is C10H25N3O. The summed E-state index contributed by atoms with van der Waals surface area (Å²) in [7, 11) is 5.91. The van der Waals surface area contributed by atoms with Crippen molar-refractivity contribution in [3.05, 3.63) is 0 Å². The van der Waals surface area contributed by atoms with Gasteiger partial charge < -0.3 is 20.3 Å². The van der Waals surface area contributed by atoms with Gasteiger partial charge in [0.05, 0.1) is 6.61 Å². The van der Waals surface area contributed by atoms with Crippen LogP contribution >= 0.6 is 0 Å². The molecule has 0 radical (unpaired) electrons. The van der Waals surface area contributed by atoms with Gasteiger partial charge >= 0.3 is 0 Å². The van der Waals surface area contributed by atoms with Gasteiger partial charge in [-0.25, -0.2) is 0 Å². The lowest BCUT2D eigenvalue weighted by Crippen LogP contribution is -2.29. The maximum absolute atomic E-state index is 4.93. The lowest BCUT2D eigenvalue weighted by molar-refractivity contribution is 0.199. The summed E-state index contributed by atoms with van der Waals surface area (Å²) in [6.45, 7) is 6.09. The lowest BCUT2D eigenvalue weighted by atomic mass is 10.4. The van der Waals surface area contributed by atoms with Gasteiger partial charge in [0.25, 0.3) is 0 Å². The van der Waals surface area contributed by atoms with Crippen LogP contribution in [0.2, 0.25) is 0 Å². The van der Waals surface area contributed by atoms with Crippen molar-refractivity contribution in [3.63, 3.8) is 0 Å².